The Hall–Kier alpha value is -0.970. The van der Waals surface area contributed by atoms with Crippen molar-refractivity contribution in [2.24, 2.45) is 23.5 Å². The van der Waals surface area contributed by atoms with Crippen LogP contribution in [0.15, 0.2) is 18.2 Å². The summed E-state index contributed by atoms with van der Waals surface area (Å²) in [7, 11) is 0. The Balaban J connectivity index is 0.00000156. The van der Waals surface area contributed by atoms with Gasteiger partial charge in [-0.25, -0.2) is 0 Å². The van der Waals surface area contributed by atoms with E-state index in [1.54, 1.807) is 0 Å². The molecule has 4 rings (SSSR count). The highest BCUT2D eigenvalue weighted by Crippen LogP contribution is 2.38. The maximum Gasteiger partial charge on any atom is 0.229 e. The van der Waals surface area contributed by atoms with E-state index in [4.69, 9.17) is 22.1 Å². The van der Waals surface area contributed by atoms with Crippen molar-refractivity contribution in [2.75, 3.05) is 19.7 Å². The molecule has 0 spiro atoms. The molecule has 6 heteroatoms. The number of carbonyl (C=O) groups is 1. The summed E-state index contributed by atoms with van der Waals surface area (Å²) in [5.41, 5.74) is 7.20. The van der Waals surface area contributed by atoms with Crippen molar-refractivity contribution in [1.29, 1.82) is 0 Å². The van der Waals surface area contributed by atoms with E-state index in [-0.39, 0.29) is 30.3 Å². The summed E-state index contributed by atoms with van der Waals surface area (Å²) in [5.74, 6) is 2.07. The molecule has 1 aromatic carbocycles. The van der Waals surface area contributed by atoms with Crippen molar-refractivity contribution in [3.05, 3.63) is 28.8 Å². The van der Waals surface area contributed by atoms with Crippen LogP contribution in [0, 0.1) is 17.8 Å². The van der Waals surface area contributed by atoms with E-state index in [1.165, 1.54) is 0 Å². The van der Waals surface area contributed by atoms with Gasteiger partial charge in [0.05, 0.1) is 5.92 Å². The van der Waals surface area contributed by atoms with Gasteiger partial charge in [-0.1, -0.05) is 11.6 Å². The number of nitrogens with zero attached hydrogens (tertiary/aromatic N) is 1. The minimum absolute atomic E-state index is 0. The third kappa shape index (κ3) is 3.04. The average molecular weight is 357 g/mol. The predicted molar refractivity (Wildman–Crippen MR) is 92.2 cm³/mol. The zero-order valence-corrected chi connectivity index (χ0v) is 14.5. The first-order chi connectivity index (χ1) is 10.6. The lowest BCUT2D eigenvalue weighted by Gasteiger charge is -2.29. The first kappa shape index (κ1) is 16.9. The highest BCUT2D eigenvalue weighted by atomic mass is 35.5. The van der Waals surface area contributed by atoms with Crippen LogP contribution in [0.4, 0.5) is 0 Å². The Kier molecular flexibility index (Phi) is 4.77. The molecule has 0 radical (unpaired) electrons. The van der Waals surface area contributed by atoms with Crippen LogP contribution in [-0.2, 0) is 11.2 Å². The van der Waals surface area contributed by atoms with Gasteiger partial charge in [-0.2, -0.15) is 0 Å². The molecule has 1 saturated heterocycles. The summed E-state index contributed by atoms with van der Waals surface area (Å²) < 4.78 is 5.76. The summed E-state index contributed by atoms with van der Waals surface area (Å²) >= 11 is 6.05. The number of nitrogens with two attached hydrogens (primary N) is 1. The van der Waals surface area contributed by atoms with Gasteiger partial charge in [-0.15, -0.1) is 12.4 Å². The van der Waals surface area contributed by atoms with Crippen molar-refractivity contribution in [2.45, 2.75) is 25.3 Å². The van der Waals surface area contributed by atoms with E-state index in [0.717, 1.165) is 37.2 Å². The zero-order valence-electron chi connectivity index (χ0n) is 12.9. The molecule has 1 aliphatic carbocycles. The summed E-state index contributed by atoms with van der Waals surface area (Å²) in [4.78, 5) is 14.8. The molecular weight excluding hydrogens is 335 g/mol. The van der Waals surface area contributed by atoms with Gasteiger partial charge >= 0.3 is 0 Å². The van der Waals surface area contributed by atoms with Crippen molar-refractivity contribution in [3.8, 4) is 5.75 Å². The molecule has 2 fully saturated rings. The fraction of sp³-hybridized carbons (Fsp3) is 0.588. The summed E-state index contributed by atoms with van der Waals surface area (Å²) in [5, 5.41) is 0.692. The molecule has 1 saturated carbocycles. The van der Waals surface area contributed by atoms with Crippen LogP contribution in [0.5, 0.6) is 5.75 Å². The van der Waals surface area contributed by atoms with Gasteiger partial charge in [0.25, 0.3) is 0 Å². The fourth-order valence-electron chi connectivity index (χ4n) is 4.27. The molecule has 0 aromatic heterocycles. The van der Waals surface area contributed by atoms with Crippen LogP contribution in [0.1, 0.15) is 18.4 Å². The van der Waals surface area contributed by atoms with E-state index in [2.05, 4.69) is 0 Å². The number of rotatable bonds is 1. The maximum absolute atomic E-state index is 12.8. The Morgan fingerprint density at radius 1 is 1.30 bits per heavy atom. The highest BCUT2D eigenvalue weighted by molar-refractivity contribution is 6.30. The number of hydrogen-bond acceptors (Lipinski definition) is 3. The molecule has 4 atom stereocenters. The van der Waals surface area contributed by atoms with Crippen molar-refractivity contribution < 1.29 is 9.53 Å². The molecule has 2 N–H and O–H groups in total. The normalized spacial score (nSPS) is 31.8. The number of likely N-dealkylation sites (tertiary alicyclic amines) is 1. The number of halogens is 2. The number of fused-ring (bicyclic) bond motifs is 2. The van der Waals surface area contributed by atoms with Crippen LogP contribution < -0.4 is 10.5 Å². The van der Waals surface area contributed by atoms with Gasteiger partial charge in [0.2, 0.25) is 5.91 Å². The monoisotopic (exact) mass is 356 g/mol. The second-order valence-electron chi connectivity index (χ2n) is 6.87. The molecule has 2 heterocycles. The first-order valence-corrected chi connectivity index (χ1v) is 8.45. The first-order valence-electron chi connectivity index (χ1n) is 8.07. The molecular formula is C17H22Cl2N2O2. The van der Waals surface area contributed by atoms with Gasteiger partial charge in [-0.3, -0.25) is 4.79 Å². The van der Waals surface area contributed by atoms with Crippen LogP contribution in [-0.4, -0.2) is 36.5 Å². The highest BCUT2D eigenvalue weighted by Gasteiger charge is 2.44. The largest absolute Gasteiger partial charge is 0.492 e. The van der Waals surface area contributed by atoms with Crippen LogP contribution in [0.2, 0.25) is 5.02 Å². The van der Waals surface area contributed by atoms with Crippen molar-refractivity contribution >= 4 is 29.9 Å². The lowest BCUT2D eigenvalue weighted by Crippen LogP contribution is -2.41. The van der Waals surface area contributed by atoms with E-state index >= 15 is 0 Å². The Bertz CT molecular complexity index is 610. The standard InChI is InChI=1S/C17H21ClN2O2.ClH/c18-13-2-4-16-11(6-13)5-12(9-22-16)17(21)20-7-10-1-3-15(19)14(10)8-20;/h2,4,6,10,12,14-15H,1,3,5,7-9,19H2;1H. The zero-order chi connectivity index (χ0) is 15.3. The van der Waals surface area contributed by atoms with E-state index < -0.39 is 0 Å². The quantitative estimate of drug-likeness (QED) is 0.840. The van der Waals surface area contributed by atoms with Gasteiger partial charge in [0, 0.05) is 24.2 Å². The van der Waals surface area contributed by atoms with Crippen molar-refractivity contribution in [1.82, 2.24) is 4.90 Å². The predicted octanol–water partition coefficient (Wildman–Crippen LogP) is 2.51. The molecule has 126 valence electrons. The number of hydrogen-bond donors (Lipinski definition) is 1. The molecule has 23 heavy (non-hydrogen) atoms. The molecule has 1 aromatic rings. The topological polar surface area (TPSA) is 55.6 Å². The maximum atomic E-state index is 12.8. The SMILES string of the molecule is Cl.NC1CCC2CN(C(=O)C3COc4ccc(Cl)cc4C3)CC12. The fourth-order valence-corrected chi connectivity index (χ4v) is 4.46. The number of carbonyl (C=O) groups excluding carboxylic acids is 1. The summed E-state index contributed by atoms with van der Waals surface area (Å²) in [6.07, 6.45) is 2.98. The molecule has 3 aliphatic rings. The minimum atomic E-state index is -0.0963. The molecule has 0 bridgehead atoms. The number of ether oxygens (including phenoxy) is 1. The van der Waals surface area contributed by atoms with Crippen LogP contribution in [0.3, 0.4) is 0 Å². The number of benzene rings is 1. The Morgan fingerprint density at radius 2 is 2.13 bits per heavy atom. The van der Waals surface area contributed by atoms with E-state index in [0.29, 0.717) is 29.9 Å². The lowest BCUT2D eigenvalue weighted by atomic mass is 9.95. The summed E-state index contributed by atoms with van der Waals surface area (Å²) in [6.45, 7) is 2.16. The third-order valence-electron chi connectivity index (χ3n) is 5.50. The molecule has 4 unspecified atom stereocenters. The second-order valence-corrected chi connectivity index (χ2v) is 7.31. The molecule has 4 nitrogen and oxygen atoms in total. The van der Waals surface area contributed by atoms with Gasteiger partial charge in [-0.05, 0) is 54.9 Å². The lowest BCUT2D eigenvalue weighted by molar-refractivity contribution is -0.136. The average Bonchev–Trinajstić information content (AvgIpc) is 3.08. The Labute approximate surface area is 147 Å². The van der Waals surface area contributed by atoms with Gasteiger partial charge < -0.3 is 15.4 Å². The van der Waals surface area contributed by atoms with Crippen molar-refractivity contribution in [3.63, 3.8) is 0 Å². The Morgan fingerprint density at radius 3 is 2.91 bits per heavy atom. The third-order valence-corrected chi connectivity index (χ3v) is 5.74. The summed E-state index contributed by atoms with van der Waals surface area (Å²) in [6, 6.07) is 5.89. The minimum Gasteiger partial charge on any atom is -0.492 e. The molecule has 2 aliphatic heterocycles. The van der Waals surface area contributed by atoms with E-state index in [1.807, 2.05) is 23.1 Å². The van der Waals surface area contributed by atoms with Gasteiger partial charge in [0.15, 0.2) is 0 Å². The second kappa shape index (κ2) is 6.50. The van der Waals surface area contributed by atoms with Crippen LogP contribution >= 0.6 is 24.0 Å². The number of amides is 1. The smallest absolute Gasteiger partial charge is 0.229 e. The molecule has 1 amide bonds. The van der Waals surface area contributed by atoms with Crippen LogP contribution in [0.25, 0.3) is 0 Å². The van der Waals surface area contributed by atoms with E-state index in [9.17, 15) is 4.79 Å². The van der Waals surface area contributed by atoms with Gasteiger partial charge in [0.1, 0.15) is 12.4 Å².